The lowest BCUT2D eigenvalue weighted by Gasteiger charge is -2.20. The Morgan fingerprint density at radius 3 is 1.12 bits per heavy atom. The van der Waals surface area contributed by atoms with Crippen LogP contribution in [0.3, 0.4) is 0 Å². The second-order valence-electron chi connectivity index (χ2n) is 14.0. The third-order valence-electron chi connectivity index (χ3n) is 10.7. The Labute approximate surface area is 295 Å². The van der Waals surface area contributed by atoms with Crippen LogP contribution >= 0.6 is 0 Å². The molecular weight excluding hydrogens is 621 g/mol. The monoisotopic (exact) mass is 654 g/mol. The van der Waals surface area contributed by atoms with E-state index in [1.165, 1.54) is 44.1 Å². The lowest BCUT2D eigenvalue weighted by Crippen LogP contribution is -2.08. The van der Waals surface area contributed by atoms with E-state index in [4.69, 9.17) is 0 Å². The standard InChI is InChI=1S/C47H34N4/c1-28-21-30(3)46-37(23-28)38-24-29(2)22-31(4)47(38)49(46)32-25-44(50-40-17-9-5-13-33(40)34-14-6-10-18-41(34)50)39(27-48)45(26-32)51-42-19-11-7-15-35(42)36-16-8-12-20-43(36)51/h5-26H,1-4H3. The third kappa shape index (κ3) is 4.06. The molecule has 0 fully saturated rings. The van der Waals surface area contributed by atoms with Crippen LogP contribution in [0, 0.1) is 39.0 Å². The molecular formula is C47H34N4. The van der Waals surface area contributed by atoms with Gasteiger partial charge >= 0.3 is 0 Å². The predicted molar refractivity (Wildman–Crippen MR) is 213 cm³/mol. The molecule has 0 spiro atoms. The van der Waals surface area contributed by atoms with Crippen molar-refractivity contribution in [3.05, 3.63) is 161 Å². The largest absolute Gasteiger partial charge is 0.309 e. The van der Waals surface area contributed by atoms with Crippen molar-refractivity contribution in [2.75, 3.05) is 0 Å². The molecule has 0 N–H and O–H groups in total. The number of aryl methyl sites for hydroxylation is 4. The zero-order chi connectivity index (χ0) is 34.5. The molecule has 10 rings (SSSR count). The van der Waals surface area contributed by atoms with Crippen LogP contribution in [0.15, 0.2) is 133 Å². The average molecular weight is 655 g/mol. The summed E-state index contributed by atoms with van der Waals surface area (Å²) in [4.78, 5) is 0. The lowest BCUT2D eigenvalue weighted by molar-refractivity contribution is 1.08. The highest BCUT2D eigenvalue weighted by Gasteiger charge is 2.24. The van der Waals surface area contributed by atoms with E-state index in [9.17, 15) is 5.26 Å². The highest BCUT2D eigenvalue weighted by Crippen LogP contribution is 2.42. The Morgan fingerprint density at radius 1 is 0.412 bits per heavy atom. The van der Waals surface area contributed by atoms with Crippen molar-refractivity contribution in [1.82, 2.24) is 13.7 Å². The van der Waals surface area contributed by atoms with Crippen molar-refractivity contribution >= 4 is 65.4 Å². The summed E-state index contributed by atoms with van der Waals surface area (Å²) in [6, 6.07) is 50.6. The van der Waals surface area contributed by atoms with Gasteiger partial charge in [0.25, 0.3) is 0 Å². The fraction of sp³-hybridized carbons (Fsp3) is 0.0851. The maximum Gasteiger partial charge on any atom is 0.104 e. The normalized spacial score (nSPS) is 11.9. The van der Waals surface area contributed by atoms with Crippen molar-refractivity contribution in [3.63, 3.8) is 0 Å². The lowest BCUT2D eigenvalue weighted by atomic mass is 10.0. The van der Waals surface area contributed by atoms with Crippen LogP contribution in [0.1, 0.15) is 27.8 Å². The smallest absolute Gasteiger partial charge is 0.104 e. The molecule has 4 heteroatoms. The zero-order valence-corrected chi connectivity index (χ0v) is 29.0. The Morgan fingerprint density at radius 2 is 0.765 bits per heavy atom. The molecule has 0 aliphatic rings. The minimum absolute atomic E-state index is 0.623. The fourth-order valence-corrected chi connectivity index (χ4v) is 8.85. The highest BCUT2D eigenvalue weighted by molar-refractivity contribution is 6.13. The van der Waals surface area contributed by atoms with Gasteiger partial charge in [-0.3, -0.25) is 0 Å². The summed E-state index contributed by atoms with van der Waals surface area (Å²) in [5.41, 5.74) is 14.9. The molecule has 4 nitrogen and oxygen atoms in total. The Balaban J connectivity index is 1.45. The average Bonchev–Trinajstić information content (AvgIpc) is 3.77. The minimum Gasteiger partial charge on any atom is -0.309 e. The number of fused-ring (bicyclic) bond motifs is 9. The molecule has 3 aromatic heterocycles. The molecule has 0 saturated heterocycles. The molecule has 0 aliphatic heterocycles. The molecule has 0 amide bonds. The number of hydrogen-bond donors (Lipinski definition) is 0. The van der Waals surface area contributed by atoms with Gasteiger partial charge in [-0.05, 0) is 87.4 Å². The maximum absolute atomic E-state index is 11.3. The summed E-state index contributed by atoms with van der Waals surface area (Å²) in [5, 5.41) is 18.5. The number of nitriles is 1. The van der Waals surface area contributed by atoms with Gasteiger partial charge in [0, 0.05) is 32.3 Å². The SMILES string of the molecule is Cc1cc(C)c2c(c1)c1cc(C)cc(C)c1n2-c1cc(-n2c3ccccc3c3ccccc32)c(C#N)c(-n2c3ccccc3c3ccccc32)c1. The summed E-state index contributed by atoms with van der Waals surface area (Å²) in [7, 11) is 0. The number of nitrogens with zero attached hydrogens (tertiary/aromatic N) is 4. The second-order valence-corrected chi connectivity index (χ2v) is 14.0. The second kappa shape index (κ2) is 10.7. The number of hydrogen-bond acceptors (Lipinski definition) is 1. The van der Waals surface area contributed by atoms with E-state index in [0.717, 1.165) is 60.7 Å². The summed E-state index contributed by atoms with van der Waals surface area (Å²) in [5.74, 6) is 0. The molecule has 3 heterocycles. The van der Waals surface area contributed by atoms with Crippen molar-refractivity contribution < 1.29 is 0 Å². The van der Waals surface area contributed by atoms with Crippen molar-refractivity contribution in [3.8, 4) is 23.1 Å². The summed E-state index contributed by atoms with van der Waals surface area (Å²) in [6.07, 6.45) is 0. The molecule has 0 aliphatic carbocycles. The highest BCUT2D eigenvalue weighted by atomic mass is 15.0. The molecule has 0 radical (unpaired) electrons. The fourth-order valence-electron chi connectivity index (χ4n) is 8.85. The first-order valence-electron chi connectivity index (χ1n) is 17.5. The first kappa shape index (κ1) is 29.4. The number of benzene rings is 7. The minimum atomic E-state index is 0.623. The van der Waals surface area contributed by atoms with Gasteiger partial charge in [-0.25, -0.2) is 0 Å². The predicted octanol–water partition coefficient (Wildman–Crippen LogP) is 12.1. The van der Waals surface area contributed by atoms with Crippen molar-refractivity contribution in [2.24, 2.45) is 0 Å². The van der Waals surface area contributed by atoms with E-state index in [2.05, 4.69) is 181 Å². The van der Waals surface area contributed by atoms with E-state index in [0.29, 0.717) is 5.56 Å². The van der Waals surface area contributed by atoms with Crippen LogP contribution < -0.4 is 0 Å². The van der Waals surface area contributed by atoms with Gasteiger partial charge in [0.1, 0.15) is 11.6 Å². The van der Waals surface area contributed by atoms with Crippen LogP contribution in [-0.2, 0) is 0 Å². The topological polar surface area (TPSA) is 38.6 Å². The Kier molecular flexibility index (Phi) is 6.17. The summed E-state index contributed by atoms with van der Waals surface area (Å²) < 4.78 is 7.04. The molecule has 10 aromatic rings. The maximum atomic E-state index is 11.3. The molecule has 7 aromatic carbocycles. The third-order valence-corrected chi connectivity index (χ3v) is 10.7. The number of rotatable bonds is 3. The van der Waals surface area contributed by atoms with Gasteiger partial charge in [-0.15, -0.1) is 0 Å². The molecule has 0 saturated carbocycles. The van der Waals surface area contributed by atoms with Gasteiger partial charge in [-0.1, -0.05) is 96.1 Å². The molecule has 0 atom stereocenters. The van der Waals surface area contributed by atoms with Gasteiger partial charge in [-0.2, -0.15) is 5.26 Å². The van der Waals surface area contributed by atoms with Crippen molar-refractivity contribution in [1.29, 1.82) is 5.26 Å². The van der Waals surface area contributed by atoms with E-state index < -0.39 is 0 Å². The number of para-hydroxylation sites is 4. The Hall–Kier alpha value is -6.57. The van der Waals surface area contributed by atoms with Gasteiger partial charge in [0.2, 0.25) is 0 Å². The summed E-state index contributed by atoms with van der Waals surface area (Å²) in [6.45, 7) is 8.80. The van der Waals surface area contributed by atoms with Gasteiger partial charge in [0.05, 0.1) is 50.2 Å². The van der Waals surface area contributed by atoms with E-state index in [1.54, 1.807) is 0 Å². The van der Waals surface area contributed by atoms with Crippen LogP contribution in [0.25, 0.3) is 82.5 Å². The van der Waals surface area contributed by atoms with E-state index in [-0.39, 0.29) is 0 Å². The molecule has 242 valence electrons. The van der Waals surface area contributed by atoms with E-state index in [1.807, 2.05) is 0 Å². The van der Waals surface area contributed by atoms with Gasteiger partial charge < -0.3 is 13.7 Å². The quantitative estimate of drug-likeness (QED) is 0.187. The van der Waals surface area contributed by atoms with Crippen LogP contribution in [0.5, 0.6) is 0 Å². The van der Waals surface area contributed by atoms with Crippen molar-refractivity contribution in [2.45, 2.75) is 27.7 Å². The first-order valence-corrected chi connectivity index (χ1v) is 17.5. The van der Waals surface area contributed by atoms with Crippen LogP contribution in [0.4, 0.5) is 0 Å². The van der Waals surface area contributed by atoms with Crippen LogP contribution in [-0.4, -0.2) is 13.7 Å². The summed E-state index contributed by atoms with van der Waals surface area (Å²) >= 11 is 0. The molecule has 0 unspecified atom stereocenters. The van der Waals surface area contributed by atoms with Gasteiger partial charge in [0.15, 0.2) is 0 Å². The first-order chi connectivity index (χ1) is 24.9. The zero-order valence-electron chi connectivity index (χ0n) is 29.0. The van der Waals surface area contributed by atoms with E-state index >= 15 is 0 Å². The van der Waals surface area contributed by atoms with Crippen LogP contribution in [0.2, 0.25) is 0 Å². The Bertz CT molecular complexity index is 2830. The molecule has 51 heavy (non-hydrogen) atoms. The number of aromatic nitrogens is 3. The molecule has 0 bridgehead atoms.